The van der Waals surface area contributed by atoms with Crippen molar-refractivity contribution < 1.29 is 4.57 Å². The molecule has 4 rings (SSSR count). The first-order chi connectivity index (χ1) is 11.4. The second kappa shape index (κ2) is 5.07. The minimum absolute atomic E-state index is 0.103. The standard InChI is InChI=1S/C22H25N2/c1-15-12-16(2)20(19(13-15)22(3,4)5)24-11-10-23-14-17-8-6-7-9-18(17)21(23)24/h6-13H,14H2,1-5H3/q+1. The van der Waals surface area contributed by atoms with Gasteiger partial charge in [0.15, 0.2) is 0 Å². The maximum Gasteiger partial charge on any atom is 0.294 e. The molecule has 2 heteroatoms. The molecule has 2 aromatic carbocycles. The highest BCUT2D eigenvalue weighted by Crippen LogP contribution is 2.36. The zero-order chi connectivity index (χ0) is 17.1. The molecule has 1 aliphatic rings. The lowest BCUT2D eigenvalue weighted by atomic mass is 9.83. The Hall–Kier alpha value is -2.35. The number of nitrogens with zero attached hydrogens (tertiary/aromatic N) is 2. The minimum Gasteiger partial charge on any atom is -0.225 e. The summed E-state index contributed by atoms with van der Waals surface area (Å²) in [6.07, 6.45) is 4.43. The largest absolute Gasteiger partial charge is 0.294 e. The van der Waals surface area contributed by atoms with E-state index in [1.807, 2.05) is 0 Å². The summed E-state index contributed by atoms with van der Waals surface area (Å²) in [5, 5.41) is 0. The maximum absolute atomic E-state index is 2.39. The zero-order valence-corrected chi connectivity index (χ0v) is 15.2. The molecule has 0 radical (unpaired) electrons. The van der Waals surface area contributed by atoms with Crippen LogP contribution >= 0.6 is 0 Å². The highest BCUT2D eigenvalue weighted by Gasteiger charge is 2.33. The van der Waals surface area contributed by atoms with Crippen LogP contribution in [-0.2, 0) is 12.0 Å². The van der Waals surface area contributed by atoms with Gasteiger partial charge in [-0.05, 0) is 30.9 Å². The van der Waals surface area contributed by atoms with Gasteiger partial charge in [-0.15, -0.1) is 0 Å². The van der Waals surface area contributed by atoms with Gasteiger partial charge in [0.2, 0.25) is 0 Å². The molecule has 24 heavy (non-hydrogen) atoms. The van der Waals surface area contributed by atoms with E-state index in [0.717, 1.165) is 6.54 Å². The van der Waals surface area contributed by atoms with Gasteiger partial charge in [-0.1, -0.05) is 56.7 Å². The monoisotopic (exact) mass is 317 g/mol. The third-order valence-electron chi connectivity index (χ3n) is 4.99. The van der Waals surface area contributed by atoms with Crippen molar-refractivity contribution >= 4 is 0 Å². The number of imidazole rings is 1. The number of rotatable bonds is 1. The molecule has 0 bridgehead atoms. The molecule has 0 amide bonds. The van der Waals surface area contributed by atoms with Crippen LogP contribution in [0.4, 0.5) is 0 Å². The fourth-order valence-corrected chi connectivity index (χ4v) is 3.93. The molecule has 0 atom stereocenters. The molecule has 0 N–H and O–H groups in total. The summed E-state index contributed by atoms with van der Waals surface area (Å²) < 4.78 is 4.75. The first-order valence-corrected chi connectivity index (χ1v) is 8.67. The number of aryl methyl sites for hydroxylation is 2. The Labute approximate surface area is 144 Å². The number of aromatic nitrogens is 2. The zero-order valence-electron chi connectivity index (χ0n) is 15.2. The van der Waals surface area contributed by atoms with Crippen molar-refractivity contribution in [2.75, 3.05) is 0 Å². The molecule has 0 aliphatic carbocycles. The van der Waals surface area contributed by atoms with Gasteiger partial charge in [0.05, 0.1) is 5.56 Å². The van der Waals surface area contributed by atoms with Gasteiger partial charge < -0.3 is 0 Å². The summed E-state index contributed by atoms with van der Waals surface area (Å²) in [5.74, 6) is 1.29. The predicted octanol–water partition coefficient (Wildman–Crippen LogP) is 4.71. The number of hydrogen-bond acceptors (Lipinski definition) is 0. The van der Waals surface area contributed by atoms with Gasteiger partial charge in [-0.2, -0.15) is 4.57 Å². The third kappa shape index (κ3) is 2.21. The van der Waals surface area contributed by atoms with Crippen molar-refractivity contribution in [2.45, 2.75) is 46.6 Å². The summed E-state index contributed by atoms with van der Waals surface area (Å²) in [6.45, 7) is 12.3. The second-order valence-corrected chi connectivity index (χ2v) is 8.00. The van der Waals surface area contributed by atoms with Gasteiger partial charge in [0.25, 0.3) is 5.82 Å². The molecule has 0 saturated carbocycles. The molecular formula is C22H25N2+. The van der Waals surface area contributed by atoms with Gasteiger partial charge in [-0.25, -0.2) is 4.57 Å². The van der Waals surface area contributed by atoms with Crippen LogP contribution in [0.2, 0.25) is 0 Å². The van der Waals surface area contributed by atoms with E-state index in [1.165, 1.54) is 39.3 Å². The quantitative estimate of drug-likeness (QED) is 0.450. The van der Waals surface area contributed by atoms with Crippen LogP contribution in [0.3, 0.4) is 0 Å². The van der Waals surface area contributed by atoms with Crippen LogP contribution in [0.5, 0.6) is 0 Å². The van der Waals surface area contributed by atoms with E-state index in [4.69, 9.17) is 0 Å². The molecule has 0 unspecified atom stereocenters. The minimum atomic E-state index is 0.103. The number of benzene rings is 2. The normalized spacial score (nSPS) is 13.0. The van der Waals surface area contributed by atoms with Crippen LogP contribution in [-0.4, -0.2) is 4.57 Å². The van der Waals surface area contributed by atoms with Crippen LogP contribution in [0.1, 0.15) is 43.0 Å². The maximum atomic E-state index is 2.39. The fourth-order valence-electron chi connectivity index (χ4n) is 3.93. The van der Waals surface area contributed by atoms with Gasteiger partial charge in [0.1, 0.15) is 24.6 Å². The molecule has 0 saturated heterocycles. The molecule has 2 nitrogen and oxygen atoms in total. The van der Waals surface area contributed by atoms with E-state index < -0.39 is 0 Å². The van der Waals surface area contributed by atoms with Crippen molar-refractivity contribution in [3.63, 3.8) is 0 Å². The van der Waals surface area contributed by atoms with Gasteiger partial charge in [0, 0.05) is 11.1 Å². The summed E-state index contributed by atoms with van der Waals surface area (Å²) in [6, 6.07) is 13.4. The molecule has 1 aromatic heterocycles. The van der Waals surface area contributed by atoms with Crippen LogP contribution in [0.25, 0.3) is 17.1 Å². The average Bonchev–Trinajstić information content (AvgIpc) is 3.05. The van der Waals surface area contributed by atoms with E-state index in [-0.39, 0.29) is 5.41 Å². The summed E-state index contributed by atoms with van der Waals surface area (Å²) in [7, 11) is 0. The van der Waals surface area contributed by atoms with Crippen LogP contribution < -0.4 is 4.57 Å². The number of fused-ring (bicyclic) bond motifs is 3. The first kappa shape index (κ1) is 15.2. The smallest absolute Gasteiger partial charge is 0.225 e. The molecule has 0 spiro atoms. The van der Waals surface area contributed by atoms with Crippen molar-refractivity contribution in [1.82, 2.24) is 4.57 Å². The van der Waals surface area contributed by atoms with E-state index in [0.29, 0.717) is 0 Å². The Balaban J connectivity index is 2.02. The van der Waals surface area contributed by atoms with Crippen LogP contribution in [0.15, 0.2) is 48.8 Å². The molecule has 122 valence electrons. The van der Waals surface area contributed by atoms with E-state index >= 15 is 0 Å². The highest BCUT2D eigenvalue weighted by atomic mass is 15.2. The number of hydrogen-bond donors (Lipinski definition) is 0. The Morgan fingerprint density at radius 1 is 1.04 bits per heavy atom. The highest BCUT2D eigenvalue weighted by molar-refractivity contribution is 5.65. The van der Waals surface area contributed by atoms with E-state index in [9.17, 15) is 0 Å². The average molecular weight is 317 g/mol. The second-order valence-electron chi connectivity index (χ2n) is 8.00. The van der Waals surface area contributed by atoms with Gasteiger partial charge >= 0.3 is 0 Å². The molecule has 1 aliphatic heterocycles. The topological polar surface area (TPSA) is 8.81 Å². The summed E-state index contributed by atoms with van der Waals surface area (Å²) >= 11 is 0. The Kier molecular flexibility index (Phi) is 3.21. The SMILES string of the molecule is Cc1cc(C)c(-n2cc[n+]3c2-c2ccccc2C3)c(C(C)(C)C)c1. The van der Waals surface area contributed by atoms with Crippen molar-refractivity contribution in [1.29, 1.82) is 0 Å². The fraction of sp³-hybridized carbons (Fsp3) is 0.318. The lowest BCUT2D eigenvalue weighted by Gasteiger charge is -2.23. The molecule has 0 fully saturated rings. The lowest BCUT2D eigenvalue weighted by Crippen LogP contribution is -2.30. The molecular weight excluding hydrogens is 292 g/mol. The molecule has 3 aromatic rings. The van der Waals surface area contributed by atoms with Crippen molar-refractivity contribution in [3.8, 4) is 17.1 Å². The van der Waals surface area contributed by atoms with E-state index in [1.54, 1.807) is 0 Å². The summed E-state index contributed by atoms with van der Waals surface area (Å²) in [4.78, 5) is 0. The first-order valence-electron chi connectivity index (χ1n) is 8.67. The van der Waals surface area contributed by atoms with Crippen LogP contribution in [0, 0.1) is 13.8 Å². The summed E-state index contributed by atoms with van der Waals surface area (Å²) in [5.41, 5.74) is 8.26. The van der Waals surface area contributed by atoms with E-state index in [2.05, 4.69) is 92.5 Å². The Morgan fingerprint density at radius 2 is 1.79 bits per heavy atom. The molecule has 2 heterocycles. The van der Waals surface area contributed by atoms with Gasteiger partial charge in [-0.3, -0.25) is 0 Å². The van der Waals surface area contributed by atoms with Crippen molar-refractivity contribution in [3.05, 3.63) is 71.0 Å². The lowest BCUT2D eigenvalue weighted by molar-refractivity contribution is -0.671. The predicted molar refractivity (Wildman–Crippen MR) is 98.7 cm³/mol. The Bertz CT molecular complexity index is 939. The van der Waals surface area contributed by atoms with Crippen molar-refractivity contribution in [2.24, 2.45) is 0 Å². The third-order valence-corrected chi connectivity index (χ3v) is 4.99. The Morgan fingerprint density at radius 3 is 2.54 bits per heavy atom.